The Balaban J connectivity index is 1.77. The van der Waals surface area contributed by atoms with Crippen molar-refractivity contribution in [3.8, 4) is 0 Å². The first-order valence-electron chi connectivity index (χ1n) is 8.21. The number of nitrogens with zero attached hydrogens (tertiary/aromatic N) is 2. The van der Waals surface area contributed by atoms with Crippen LogP contribution in [0.4, 0.5) is 0 Å². The molecule has 0 spiro atoms. The van der Waals surface area contributed by atoms with Crippen LogP contribution in [-0.2, 0) is 4.79 Å². The van der Waals surface area contributed by atoms with Crippen LogP contribution in [0.15, 0.2) is 0 Å². The van der Waals surface area contributed by atoms with E-state index < -0.39 is 0 Å². The van der Waals surface area contributed by atoms with E-state index in [0.717, 1.165) is 25.9 Å². The zero-order valence-corrected chi connectivity index (χ0v) is 13.5. The largest absolute Gasteiger partial charge is 0.342 e. The third-order valence-corrected chi connectivity index (χ3v) is 5.44. The highest BCUT2D eigenvalue weighted by molar-refractivity contribution is 5.78. The van der Waals surface area contributed by atoms with Gasteiger partial charge >= 0.3 is 0 Å². The van der Waals surface area contributed by atoms with Gasteiger partial charge in [-0.2, -0.15) is 0 Å². The second kappa shape index (κ2) is 6.90. The molecule has 0 aromatic rings. The highest BCUT2D eigenvalue weighted by Crippen LogP contribution is 2.23. The van der Waals surface area contributed by atoms with Gasteiger partial charge in [0.25, 0.3) is 0 Å². The summed E-state index contributed by atoms with van der Waals surface area (Å²) in [5.41, 5.74) is 0.259. The van der Waals surface area contributed by atoms with Gasteiger partial charge in [0.2, 0.25) is 5.91 Å². The van der Waals surface area contributed by atoms with Crippen LogP contribution in [-0.4, -0.2) is 61.0 Å². The number of likely N-dealkylation sites (N-methyl/N-ethyl adjacent to an activating group) is 1. The summed E-state index contributed by atoms with van der Waals surface area (Å²) in [5, 5.41) is 3.41. The van der Waals surface area contributed by atoms with Gasteiger partial charge in [-0.15, -0.1) is 0 Å². The standard InChI is InChI=1S/C16H31N3O/c1-16(17-2)9-11-19(12-10-16)13-15(20)18(3)14-7-5-4-6-8-14/h14,17H,4-13H2,1-3H3. The molecule has 1 saturated heterocycles. The van der Waals surface area contributed by atoms with Crippen molar-refractivity contribution in [3.05, 3.63) is 0 Å². The topological polar surface area (TPSA) is 35.6 Å². The smallest absolute Gasteiger partial charge is 0.236 e. The molecule has 0 atom stereocenters. The molecule has 4 heteroatoms. The number of piperidine rings is 1. The highest BCUT2D eigenvalue weighted by atomic mass is 16.2. The van der Waals surface area contributed by atoms with Gasteiger partial charge in [0, 0.05) is 31.7 Å². The molecule has 1 aliphatic carbocycles. The maximum atomic E-state index is 12.4. The summed E-state index contributed by atoms with van der Waals surface area (Å²) in [4.78, 5) is 16.7. The van der Waals surface area contributed by atoms with E-state index in [1.54, 1.807) is 0 Å². The van der Waals surface area contributed by atoms with Gasteiger partial charge in [0.05, 0.1) is 6.54 Å². The van der Waals surface area contributed by atoms with Crippen LogP contribution in [0.25, 0.3) is 0 Å². The first kappa shape index (κ1) is 15.8. The first-order valence-corrected chi connectivity index (χ1v) is 8.21. The zero-order valence-electron chi connectivity index (χ0n) is 13.5. The van der Waals surface area contributed by atoms with Crippen LogP contribution < -0.4 is 5.32 Å². The van der Waals surface area contributed by atoms with Gasteiger partial charge in [-0.05, 0) is 39.7 Å². The molecule has 4 nitrogen and oxygen atoms in total. The Morgan fingerprint density at radius 3 is 2.40 bits per heavy atom. The normalized spacial score (nSPS) is 24.6. The fourth-order valence-electron chi connectivity index (χ4n) is 3.43. The van der Waals surface area contributed by atoms with Crippen molar-refractivity contribution in [1.82, 2.24) is 15.1 Å². The third-order valence-electron chi connectivity index (χ3n) is 5.44. The molecule has 1 amide bonds. The van der Waals surface area contributed by atoms with E-state index >= 15 is 0 Å². The maximum absolute atomic E-state index is 12.4. The minimum atomic E-state index is 0.259. The fraction of sp³-hybridized carbons (Fsp3) is 0.938. The minimum absolute atomic E-state index is 0.259. The summed E-state index contributed by atoms with van der Waals surface area (Å²) < 4.78 is 0. The molecule has 1 N–H and O–H groups in total. The van der Waals surface area contributed by atoms with Crippen molar-refractivity contribution in [2.75, 3.05) is 33.7 Å². The molecule has 1 heterocycles. The molecule has 20 heavy (non-hydrogen) atoms. The lowest BCUT2D eigenvalue weighted by Crippen LogP contribution is -2.52. The van der Waals surface area contributed by atoms with Gasteiger partial charge in [-0.25, -0.2) is 0 Å². The third kappa shape index (κ3) is 3.95. The molecule has 116 valence electrons. The first-order chi connectivity index (χ1) is 9.54. The Bertz CT molecular complexity index is 318. The van der Waals surface area contributed by atoms with Crippen LogP contribution in [0.1, 0.15) is 51.9 Å². The molecule has 1 saturated carbocycles. The Hall–Kier alpha value is -0.610. The monoisotopic (exact) mass is 281 g/mol. The van der Waals surface area contributed by atoms with Crippen molar-refractivity contribution in [2.24, 2.45) is 0 Å². The molecule has 0 unspecified atom stereocenters. The quantitative estimate of drug-likeness (QED) is 0.854. The van der Waals surface area contributed by atoms with E-state index in [4.69, 9.17) is 0 Å². The molecule has 0 aromatic carbocycles. The number of carbonyl (C=O) groups is 1. The maximum Gasteiger partial charge on any atom is 0.236 e. The van der Waals surface area contributed by atoms with Crippen molar-refractivity contribution in [1.29, 1.82) is 0 Å². The number of likely N-dealkylation sites (tertiary alicyclic amines) is 1. The van der Waals surface area contributed by atoms with E-state index in [9.17, 15) is 4.79 Å². The van der Waals surface area contributed by atoms with Crippen LogP contribution >= 0.6 is 0 Å². The molecule has 2 aliphatic rings. The fourth-order valence-corrected chi connectivity index (χ4v) is 3.43. The van der Waals surface area contributed by atoms with Crippen molar-refractivity contribution >= 4 is 5.91 Å². The van der Waals surface area contributed by atoms with Gasteiger partial charge < -0.3 is 10.2 Å². The summed E-state index contributed by atoms with van der Waals surface area (Å²) in [6.45, 7) is 4.94. The zero-order chi connectivity index (χ0) is 14.6. The van der Waals surface area contributed by atoms with Gasteiger partial charge in [-0.3, -0.25) is 9.69 Å². The van der Waals surface area contributed by atoms with Crippen molar-refractivity contribution in [3.63, 3.8) is 0 Å². The SMILES string of the molecule is CNC1(C)CCN(CC(=O)N(C)C2CCCCC2)CC1. The number of hydrogen-bond donors (Lipinski definition) is 1. The second-order valence-electron chi connectivity index (χ2n) is 6.88. The summed E-state index contributed by atoms with van der Waals surface area (Å²) >= 11 is 0. The summed E-state index contributed by atoms with van der Waals surface area (Å²) in [5.74, 6) is 0.310. The summed E-state index contributed by atoms with van der Waals surface area (Å²) in [6.07, 6.45) is 8.56. The summed E-state index contributed by atoms with van der Waals surface area (Å²) in [7, 11) is 4.04. The Morgan fingerprint density at radius 2 is 1.85 bits per heavy atom. The minimum Gasteiger partial charge on any atom is -0.342 e. The number of nitrogens with one attached hydrogen (secondary N) is 1. The average molecular weight is 281 g/mol. The van der Waals surface area contributed by atoms with Crippen LogP contribution in [0.2, 0.25) is 0 Å². The lowest BCUT2D eigenvalue weighted by atomic mass is 9.90. The lowest BCUT2D eigenvalue weighted by molar-refractivity contribution is -0.134. The highest BCUT2D eigenvalue weighted by Gasteiger charge is 2.30. The Kier molecular flexibility index (Phi) is 5.44. The van der Waals surface area contributed by atoms with E-state index in [1.807, 2.05) is 19.0 Å². The van der Waals surface area contributed by atoms with Gasteiger partial charge in [0.15, 0.2) is 0 Å². The van der Waals surface area contributed by atoms with Crippen molar-refractivity contribution < 1.29 is 4.79 Å². The number of amides is 1. The molecule has 2 rings (SSSR count). The van der Waals surface area contributed by atoms with Gasteiger partial charge in [0.1, 0.15) is 0 Å². The van der Waals surface area contributed by atoms with E-state index in [0.29, 0.717) is 18.5 Å². The molecule has 0 bridgehead atoms. The molecule has 1 aliphatic heterocycles. The van der Waals surface area contributed by atoms with Crippen LogP contribution in [0, 0.1) is 0 Å². The average Bonchev–Trinajstić information content (AvgIpc) is 2.50. The van der Waals surface area contributed by atoms with Crippen molar-refractivity contribution in [2.45, 2.75) is 63.5 Å². The lowest BCUT2D eigenvalue weighted by Gasteiger charge is -2.40. The Morgan fingerprint density at radius 1 is 1.25 bits per heavy atom. The number of carbonyl (C=O) groups excluding carboxylic acids is 1. The molecule has 2 fully saturated rings. The van der Waals surface area contributed by atoms with E-state index in [2.05, 4.69) is 17.1 Å². The van der Waals surface area contributed by atoms with Crippen LogP contribution in [0.5, 0.6) is 0 Å². The second-order valence-corrected chi connectivity index (χ2v) is 6.88. The van der Waals surface area contributed by atoms with Crippen LogP contribution in [0.3, 0.4) is 0 Å². The Labute approximate surface area is 123 Å². The summed E-state index contributed by atoms with van der Waals surface area (Å²) in [6, 6.07) is 0.489. The molecule has 0 aromatic heterocycles. The van der Waals surface area contributed by atoms with Gasteiger partial charge in [-0.1, -0.05) is 19.3 Å². The molecular formula is C16H31N3O. The predicted molar refractivity (Wildman–Crippen MR) is 82.8 cm³/mol. The molecule has 0 radical (unpaired) electrons. The predicted octanol–water partition coefficient (Wildman–Crippen LogP) is 1.85. The van der Waals surface area contributed by atoms with E-state index in [1.165, 1.54) is 32.1 Å². The van der Waals surface area contributed by atoms with E-state index in [-0.39, 0.29) is 5.54 Å². The number of rotatable bonds is 4. The number of hydrogen-bond acceptors (Lipinski definition) is 3. The molecular weight excluding hydrogens is 250 g/mol.